The van der Waals surface area contributed by atoms with Crippen LogP contribution in [-0.4, -0.2) is 29.1 Å². The van der Waals surface area contributed by atoms with E-state index in [4.69, 9.17) is 14.9 Å². The topological polar surface area (TPSA) is 109 Å². The fourth-order valence-corrected chi connectivity index (χ4v) is 2.10. The van der Waals surface area contributed by atoms with E-state index in [0.717, 1.165) is 11.1 Å². The summed E-state index contributed by atoms with van der Waals surface area (Å²) in [7, 11) is 0. The molecule has 0 saturated heterocycles. The minimum absolute atomic E-state index is 0.0287. The Bertz CT molecular complexity index is 677. The van der Waals surface area contributed by atoms with Gasteiger partial charge in [-0.25, -0.2) is 9.59 Å². The fraction of sp³-hybridized carbons (Fsp3) is 0.211. The number of amides is 1. The van der Waals surface area contributed by atoms with Gasteiger partial charge in [0, 0.05) is 0 Å². The second-order valence-corrected chi connectivity index (χ2v) is 5.50. The number of benzene rings is 2. The van der Waals surface area contributed by atoms with Crippen molar-refractivity contribution in [2.45, 2.75) is 25.7 Å². The predicted molar refractivity (Wildman–Crippen MR) is 94.8 cm³/mol. The van der Waals surface area contributed by atoms with Crippen molar-refractivity contribution in [3.05, 3.63) is 71.8 Å². The maximum Gasteiger partial charge on any atom is 0.408 e. The van der Waals surface area contributed by atoms with Crippen molar-refractivity contribution in [1.29, 1.82) is 5.41 Å². The molecule has 0 aliphatic heterocycles. The summed E-state index contributed by atoms with van der Waals surface area (Å²) in [4.78, 5) is 23.1. The zero-order valence-electron chi connectivity index (χ0n) is 14.1. The van der Waals surface area contributed by atoms with Crippen LogP contribution in [0.5, 0.6) is 0 Å². The first-order valence-corrected chi connectivity index (χ1v) is 7.99. The summed E-state index contributed by atoms with van der Waals surface area (Å²) in [6.07, 6.45) is -1.14. The molecule has 2 aromatic rings. The van der Waals surface area contributed by atoms with E-state index in [-0.39, 0.29) is 25.5 Å². The highest BCUT2D eigenvalue weighted by Gasteiger charge is 2.23. The van der Waals surface area contributed by atoms with Crippen LogP contribution in [0, 0.1) is 5.41 Å². The number of carboxylic acids is 1. The quantitative estimate of drug-likeness (QED) is 0.498. The lowest BCUT2D eigenvalue weighted by Crippen LogP contribution is -2.42. The van der Waals surface area contributed by atoms with Gasteiger partial charge < -0.3 is 19.9 Å². The van der Waals surface area contributed by atoms with Crippen molar-refractivity contribution in [2.24, 2.45) is 0 Å². The molecule has 1 amide bonds. The normalized spacial score (nSPS) is 11.2. The third-order valence-electron chi connectivity index (χ3n) is 3.45. The molecular formula is C19H20N2O5. The lowest BCUT2D eigenvalue weighted by molar-refractivity contribution is -0.139. The van der Waals surface area contributed by atoms with Crippen LogP contribution in [0.15, 0.2) is 60.7 Å². The highest BCUT2D eigenvalue weighted by molar-refractivity contribution is 5.86. The van der Waals surface area contributed by atoms with Crippen LogP contribution in [0.4, 0.5) is 4.79 Å². The van der Waals surface area contributed by atoms with Gasteiger partial charge in [0.25, 0.3) is 0 Å². The van der Waals surface area contributed by atoms with Crippen molar-refractivity contribution in [3.8, 4) is 0 Å². The minimum atomic E-state index is -1.30. The van der Waals surface area contributed by atoms with Crippen LogP contribution in [0.2, 0.25) is 0 Å². The molecule has 136 valence electrons. The van der Waals surface area contributed by atoms with Crippen molar-refractivity contribution in [2.75, 3.05) is 0 Å². The molecular weight excluding hydrogens is 336 g/mol. The van der Waals surface area contributed by atoms with Crippen LogP contribution >= 0.6 is 0 Å². The van der Waals surface area contributed by atoms with E-state index in [1.807, 2.05) is 48.5 Å². The highest BCUT2D eigenvalue weighted by atomic mass is 16.5. The number of carbonyl (C=O) groups excluding carboxylic acids is 1. The summed E-state index contributed by atoms with van der Waals surface area (Å²) in [5.74, 6) is -1.50. The zero-order chi connectivity index (χ0) is 18.8. The molecule has 0 bridgehead atoms. The molecule has 2 aromatic carbocycles. The molecule has 0 aliphatic carbocycles. The molecule has 0 heterocycles. The van der Waals surface area contributed by atoms with Gasteiger partial charge in [0.2, 0.25) is 0 Å². The molecule has 26 heavy (non-hydrogen) atoms. The van der Waals surface area contributed by atoms with Crippen LogP contribution in [0.3, 0.4) is 0 Å². The maximum atomic E-state index is 11.8. The Morgan fingerprint density at radius 1 is 0.923 bits per heavy atom. The van der Waals surface area contributed by atoms with E-state index in [1.54, 1.807) is 12.1 Å². The zero-order valence-corrected chi connectivity index (χ0v) is 14.1. The van der Waals surface area contributed by atoms with Gasteiger partial charge in [-0.05, 0) is 11.1 Å². The lowest BCUT2D eigenvalue weighted by atomic mass is 10.2. The SMILES string of the molecule is N=C(C[C@H](NC(=O)OCc1ccccc1)C(=O)O)OCc1ccccc1. The Morgan fingerprint density at radius 3 is 1.92 bits per heavy atom. The molecule has 0 saturated carbocycles. The van der Waals surface area contributed by atoms with Gasteiger partial charge in [-0.3, -0.25) is 5.41 Å². The third-order valence-corrected chi connectivity index (χ3v) is 3.45. The molecule has 7 nitrogen and oxygen atoms in total. The van der Waals surface area contributed by atoms with Gasteiger partial charge in [0.15, 0.2) is 5.90 Å². The van der Waals surface area contributed by atoms with E-state index in [0.29, 0.717) is 0 Å². The summed E-state index contributed by atoms with van der Waals surface area (Å²) < 4.78 is 10.2. The number of nitrogens with one attached hydrogen (secondary N) is 2. The minimum Gasteiger partial charge on any atom is -0.480 e. The summed E-state index contributed by atoms with van der Waals surface area (Å²) in [5, 5.41) is 19.2. The van der Waals surface area contributed by atoms with Crippen LogP contribution in [0.1, 0.15) is 17.5 Å². The lowest BCUT2D eigenvalue weighted by Gasteiger charge is -2.15. The van der Waals surface area contributed by atoms with E-state index in [9.17, 15) is 14.7 Å². The Labute approximate surface area is 151 Å². The third kappa shape index (κ3) is 6.64. The first-order valence-electron chi connectivity index (χ1n) is 7.99. The number of hydrogen-bond donors (Lipinski definition) is 3. The smallest absolute Gasteiger partial charge is 0.408 e. The van der Waals surface area contributed by atoms with Gasteiger partial charge >= 0.3 is 12.1 Å². The van der Waals surface area contributed by atoms with Crippen LogP contribution in [-0.2, 0) is 27.5 Å². The van der Waals surface area contributed by atoms with Gasteiger partial charge in [-0.1, -0.05) is 60.7 Å². The molecule has 7 heteroatoms. The summed E-state index contributed by atoms with van der Waals surface area (Å²) in [6.45, 7) is 0.186. The van der Waals surface area contributed by atoms with Crippen molar-refractivity contribution in [1.82, 2.24) is 5.32 Å². The predicted octanol–water partition coefficient (Wildman–Crippen LogP) is 2.95. The van der Waals surface area contributed by atoms with E-state index >= 15 is 0 Å². The Morgan fingerprint density at radius 2 is 1.42 bits per heavy atom. The number of aliphatic carboxylic acids is 1. The number of rotatable bonds is 8. The average molecular weight is 356 g/mol. The molecule has 0 aromatic heterocycles. The van der Waals surface area contributed by atoms with Gasteiger partial charge in [0.1, 0.15) is 19.3 Å². The molecule has 0 aliphatic rings. The van der Waals surface area contributed by atoms with Crippen molar-refractivity contribution >= 4 is 18.0 Å². The molecule has 3 N–H and O–H groups in total. The number of hydrogen-bond acceptors (Lipinski definition) is 5. The second kappa shape index (κ2) is 9.83. The Kier molecular flexibility index (Phi) is 7.17. The highest BCUT2D eigenvalue weighted by Crippen LogP contribution is 2.05. The number of carboxylic acid groups (broad SMARTS) is 1. The van der Waals surface area contributed by atoms with E-state index in [1.165, 1.54) is 0 Å². The second-order valence-electron chi connectivity index (χ2n) is 5.50. The Hall–Kier alpha value is -3.35. The first-order chi connectivity index (χ1) is 12.5. The van der Waals surface area contributed by atoms with Gasteiger partial charge in [0.05, 0.1) is 6.42 Å². The molecule has 2 rings (SSSR count). The standard InChI is InChI=1S/C19H20N2O5/c20-17(25-12-14-7-3-1-4-8-14)11-16(18(22)23)21-19(24)26-13-15-9-5-2-6-10-15/h1-10,16,20H,11-13H2,(H,21,24)(H,22,23)/t16-/m0/s1. The molecule has 0 fully saturated rings. The van der Waals surface area contributed by atoms with Crippen molar-refractivity contribution in [3.63, 3.8) is 0 Å². The fourth-order valence-electron chi connectivity index (χ4n) is 2.10. The van der Waals surface area contributed by atoms with Gasteiger partial charge in [-0.15, -0.1) is 0 Å². The number of carbonyl (C=O) groups is 2. The number of ether oxygens (including phenoxy) is 2. The summed E-state index contributed by atoms with van der Waals surface area (Å²) >= 11 is 0. The van der Waals surface area contributed by atoms with Gasteiger partial charge in [-0.2, -0.15) is 0 Å². The van der Waals surface area contributed by atoms with E-state index < -0.39 is 18.1 Å². The molecule has 1 atom stereocenters. The maximum absolute atomic E-state index is 11.8. The van der Waals surface area contributed by atoms with Crippen LogP contribution in [0.25, 0.3) is 0 Å². The van der Waals surface area contributed by atoms with Crippen LogP contribution < -0.4 is 5.32 Å². The monoisotopic (exact) mass is 356 g/mol. The van der Waals surface area contributed by atoms with Crippen molar-refractivity contribution < 1.29 is 24.2 Å². The summed E-state index contributed by atoms with van der Waals surface area (Å²) in [6, 6.07) is 16.9. The number of alkyl carbamates (subject to hydrolysis) is 1. The average Bonchev–Trinajstić information content (AvgIpc) is 2.66. The molecule has 0 radical (unpaired) electrons. The Balaban J connectivity index is 1.78. The molecule has 0 unspecified atom stereocenters. The molecule has 0 spiro atoms. The van der Waals surface area contributed by atoms with E-state index in [2.05, 4.69) is 5.32 Å². The first kappa shape index (κ1) is 19.0. The largest absolute Gasteiger partial charge is 0.480 e. The summed E-state index contributed by atoms with van der Waals surface area (Å²) in [5.41, 5.74) is 1.65.